The molecular weight excluding hydrogens is 436 g/mol. The summed E-state index contributed by atoms with van der Waals surface area (Å²) in [5.74, 6) is 0.607. The monoisotopic (exact) mass is 470 g/mol. The molecule has 5 heteroatoms. The normalized spacial score (nSPS) is 26.5. The number of carboxylic acid groups (broad SMARTS) is 1. The van der Waals surface area contributed by atoms with Crippen LogP contribution in [0.3, 0.4) is 0 Å². The Morgan fingerprint density at radius 2 is 1.54 bits per heavy atom. The third kappa shape index (κ3) is 4.42. The standard InChI is InChI=1S/C30H34N2O3/c33-28(34)29(25-9-5-2-6-10-25)15-17-30(18-16-29,35-21-23-13-14-23)27-19-26(24-7-3-1-4-8-24)32(31-27)20-22-11-12-22/h1-10,19,22-23H,11-18,20-21H2,(H,33,34)/t29-,30-. The molecule has 0 radical (unpaired) electrons. The quantitative estimate of drug-likeness (QED) is 0.406. The van der Waals surface area contributed by atoms with E-state index in [0.29, 0.717) is 37.5 Å². The summed E-state index contributed by atoms with van der Waals surface area (Å²) in [6.07, 6.45) is 7.41. The Balaban J connectivity index is 1.36. The number of hydrogen-bond acceptors (Lipinski definition) is 3. The summed E-state index contributed by atoms with van der Waals surface area (Å²) >= 11 is 0. The van der Waals surface area contributed by atoms with Crippen LogP contribution in [0.25, 0.3) is 11.3 Å². The lowest BCUT2D eigenvalue weighted by molar-refractivity contribution is -0.151. The summed E-state index contributed by atoms with van der Waals surface area (Å²) in [6, 6.07) is 22.5. The fourth-order valence-corrected chi connectivity index (χ4v) is 5.67. The first kappa shape index (κ1) is 22.5. The average molecular weight is 471 g/mol. The molecule has 3 fully saturated rings. The van der Waals surface area contributed by atoms with E-state index in [-0.39, 0.29) is 0 Å². The molecule has 1 heterocycles. The Morgan fingerprint density at radius 3 is 2.14 bits per heavy atom. The lowest BCUT2D eigenvalue weighted by atomic mass is 9.64. The number of aliphatic carboxylic acids is 1. The van der Waals surface area contributed by atoms with Gasteiger partial charge in [0, 0.05) is 6.54 Å². The van der Waals surface area contributed by atoms with E-state index in [1.807, 2.05) is 36.4 Å². The van der Waals surface area contributed by atoms with Gasteiger partial charge in [0.25, 0.3) is 0 Å². The molecule has 0 spiro atoms. The van der Waals surface area contributed by atoms with Crippen molar-refractivity contribution in [2.24, 2.45) is 11.8 Å². The minimum Gasteiger partial charge on any atom is -0.481 e. The number of rotatable bonds is 9. The maximum absolute atomic E-state index is 12.6. The highest BCUT2D eigenvalue weighted by atomic mass is 16.5. The van der Waals surface area contributed by atoms with Crippen LogP contribution in [-0.2, 0) is 27.1 Å². The van der Waals surface area contributed by atoms with Gasteiger partial charge in [-0.05, 0) is 80.4 Å². The molecule has 0 aliphatic heterocycles. The largest absolute Gasteiger partial charge is 0.481 e. The van der Waals surface area contributed by atoms with Gasteiger partial charge in [-0.3, -0.25) is 9.48 Å². The van der Waals surface area contributed by atoms with Crippen molar-refractivity contribution in [3.63, 3.8) is 0 Å². The van der Waals surface area contributed by atoms with Crippen LogP contribution in [0.15, 0.2) is 66.7 Å². The molecule has 3 aliphatic carbocycles. The van der Waals surface area contributed by atoms with E-state index in [9.17, 15) is 9.90 Å². The fourth-order valence-electron chi connectivity index (χ4n) is 5.67. The van der Waals surface area contributed by atoms with E-state index in [2.05, 4.69) is 35.0 Å². The van der Waals surface area contributed by atoms with Crippen molar-refractivity contribution in [3.8, 4) is 11.3 Å². The highest BCUT2D eigenvalue weighted by Gasteiger charge is 2.51. The van der Waals surface area contributed by atoms with Gasteiger partial charge in [0.2, 0.25) is 0 Å². The van der Waals surface area contributed by atoms with E-state index < -0.39 is 17.0 Å². The molecule has 2 aromatic carbocycles. The van der Waals surface area contributed by atoms with Gasteiger partial charge in [-0.25, -0.2) is 0 Å². The maximum Gasteiger partial charge on any atom is 0.314 e. The van der Waals surface area contributed by atoms with Gasteiger partial charge in [-0.15, -0.1) is 0 Å². The third-order valence-corrected chi connectivity index (χ3v) is 8.38. The van der Waals surface area contributed by atoms with Crippen molar-refractivity contribution in [2.75, 3.05) is 6.61 Å². The van der Waals surface area contributed by atoms with Crippen LogP contribution >= 0.6 is 0 Å². The van der Waals surface area contributed by atoms with Gasteiger partial charge in [-0.1, -0.05) is 60.7 Å². The molecule has 0 saturated heterocycles. The highest BCUT2D eigenvalue weighted by molar-refractivity contribution is 5.81. The first-order valence-corrected chi connectivity index (χ1v) is 13.1. The Bertz CT molecular complexity index is 1170. The Labute approximate surface area is 207 Å². The summed E-state index contributed by atoms with van der Waals surface area (Å²) in [7, 11) is 0. The van der Waals surface area contributed by atoms with Gasteiger partial charge in [0.15, 0.2) is 0 Å². The van der Waals surface area contributed by atoms with Crippen LogP contribution in [0.5, 0.6) is 0 Å². The molecule has 1 aromatic heterocycles. The molecule has 182 valence electrons. The number of carbonyl (C=O) groups is 1. The van der Waals surface area contributed by atoms with Crippen molar-refractivity contribution in [1.29, 1.82) is 0 Å². The topological polar surface area (TPSA) is 64.3 Å². The third-order valence-electron chi connectivity index (χ3n) is 8.38. The predicted molar refractivity (Wildman–Crippen MR) is 135 cm³/mol. The molecule has 5 nitrogen and oxygen atoms in total. The van der Waals surface area contributed by atoms with E-state index >= 15 is 0 Å². The van der Waals surface area contributed by atoms with Crippen molar-refractivity contribution in [2.45, 2.75) is 68.9 Å². The van der Waals surface area contributed by atoms with Crippen LogP contribution in [-0.4, -0.2) is 27.5 Å². The molecule has 1 N–H and O–H groups in total. The molecule has 6 rings (SSSR count). The van der Waals surface area contributed by atoms with Crippen LogP contribution in [0.4, 0.5) is 0 Å². The number of ether oxygens (including phenoxy) is 1. The highest BCUT2D eigenvalue weighted by Crippen LogP contribution is 2.50. The summed E-state index contributed by atoms with van der Waals surface area (Å²) in [4.78, 5) is 12.6. The second kappa shape index (κ2) is 8.94. The lowest BCUT2D eigenvalue weighted by Gasteiger charge is -2.44. The van der Waals surface area contributed by atoms with E-state index in [0.717, 1.165) is 30.1 Å². The maximum atomic E-state index is 12.6. The zero-order valence-electron chi connectivity index (χ0n) is 20.2. The van der Waals surface area contributed by atoms with Gasteiger partial charge < -0.3 is 9.84 Å². The zero-order chi connectivity index (χ0) is 23.9. The van der Waals surface area contributed by atoms with Crippen LogP contribution in [0.1, 0.15) is 62.6 Å². The Kier molecular flexibility index (Phi) is 5.76. The molecule has 0 bridgehead atoms. The molecule has 35 heavy (non-hydrogen) atoms. The molecule has 0 unspecified atom stereocenters. The Morgan fingerprint density at radius 1 is 0.914 bits per heavy atom. The fraction of sp³-hybridized carbons (Fsp3) is 0.467. The molecule has 3 aliphatic rings. The summed E-state index contributed by atoms with van der Waals surface area (Å²) in [5.41, 5.74) is 2.78. The molecular formula is C30H34N2O3. The molecule has 0 amide bonds. The zero-order valence-corrected chi connectivity index (χ0v) is 20.2. The van der Waals surface area contributed by atoms with Crippen LogP contribution in [0.2, 0.25) is 0 Å². The SMILES string of the molecule is O=C(O)[C@]1(c2ccccc2)CC[C@](OCC2CC2)(c2cc(-c3ccccc3)n(CC3CC3)n2)CC1. The smallest absolute Gasteiger partial charge is 0.314 e. The first-order chi connectivity index (χ1) is 17.1. The second-order valence-corrected chi connectivity index (χ2v) is 10.9. The van der Waals surface area contributed by atoms with Crippen molar-refractivity contribution >= 4 is 5.97 Å². The van der Waals surface area contributed by atoms with Crippen LogP contribution < -0.4 is 0 Å². The first-order valence-electron chi connectivity index (χ1n) is 13.1. The second-order valence-electron chi connectivity index (χ2n) is 10.9. The van der Waals surface area contributed by atoms with E-state index in [1.54, 1.807) is 0 Å². The number of carboxylic acids is 1. The predicted octanol–water partition coefficient (Wildman–Crippen LogP) is 6.18. The minimum absolute atomic E-state index is 0.533. The molecule has 3 saturated carbocycles. The number of benzene rings is 2. The van der Waals surface area contributed by atoms with Gasteiger partial charge in [-0.2, -0.15) is 5.10 Å². The van der Waals surface area contributed by atoms with E-state index in [4.69, 9.17) is 9.84 Å². The summed E-state index contributed by atoms with van der Waals surface area (Å²) in [6.45, 7) is 1.67. The van der Waals surface area contributed by atoms with Crippen molar-refractivity contribution < 1.29 is 14.6 Å². The Hall–Kier alpha value is -2.92. The molecule has 0 atom stereocenters. The number of nitrogens with zero attached hydrogens (tertiary/aromatic N) is 2. The summed E-state index contributed by atoms with van der Waals surface area (Å²) < 4.78 is 8.93. The summed E-state index contributed by atoms with van der Waals surface area (Å²) in [5, 5.41) is 15.5. The lowest BCUT2D eigenvalue weighted by Crippen LogP contribution is -2.46. The van der Waals surface area contributed by atoms with E-state index in [1.165, 1.54) is 31.2 Å². The van der Waals surface area contributed by atoms with Crippen molar-refractivity contribution in [3.05, 3.63) is 78.0 Å². The van der Waals surface area contributed by atoms with Gasteiger partial charge >= 0.3 is 5.97 Å². The van der Waals surface area contributed by atoms with Crippen molar-refractivity contribution in [1.82, 2.24) is 9.78 Å². The number of aromatic nitrogens is 2. The van der Waals surface area contributed by atoms with Crippen LogP contribution in [0, 0.1) is 11.8 Å². The molecule has 3 aromatic rings. The average Bonchev–Trinajstić information content (AvgIpc) is 3.83. The van der Waals surface area contributed by atoms with Gasteiger partial charge in [0.1, 0.15) is 5.60 Å². The number of hydrogen-bond donors (Lipinski definition) is 1. The minimum atomic E-state index is -0.869. The van der Waals surface area contributed by atoms with Gasteiger partial charge in [0.05, 0.1) is 23.4 Å².